The Hall–Kier alpha value is -2.27. The Morgan fingerprint density at radius 3 is 2.68 bits per heavy atom. The van der Waals surface area contributed by atoms with E-state index in [0.29, 0.717) is 10.8 Å². The van der Waals surface area contributed by atoms with Crippen LogP contribution in [0.1, 0.15) is 5.56 Å². The van der Waals surface area contributed by atoms with Crippen LogP contribution in [0, 0.1) is 5.82 Å². The summed E-state index contributed by atoms with van der Waals surface area (Å²) >= 11 is 5.80. The van der Waals surface area contributed by atoms with Crippen molar-refractivity contribution >= 4 is 17.4 Å². The van der Waals surface area contributed by atoms with Crippen LogP contribution in [0.3, 0.4) is 0 Å². The van der Waals surface area contributed by atoms with Gasteiger partial charge in [0.05, 0.1) is 0 Å². The van der Waals surface area contributed by atoms with E-state index >= 15 is 0 Å². The number of hydrogen-bond acceptors (Lipinski definition) is 3. The van der Waals surface area contributed by atoms with Gasteiger partial charge in [0.25, 0.3) is 0 Å². The first-order valence-electron chi connectivity index (χ1n) is 5.31. The molecule has 0 unspecified atom stereocenters. The lowest BCUT2D eigenvalue weighted by Crippen LogP contribution is -2.13. The number of rotatable bonds is 3. The van der Waals surface area contributed by atoms with Crippen LogP contribution in [-0.4, -0.2) is 11.0 Å². The molecule has 0 fully saturated rings. The monoisotopic (exact) mass is 280 g/mol. The van der Waals surface area contributed by atoms with Crippen LogP contribution in [0.2, 0.25) is 5.02 Å². The van der Waals surface area contributed by atoms with Crippen molar-refractivity contribution in [2.45, 2.75) is 0 Å². The second kappa shape index (κ2) is 5.58. The van der Waals surface area contributed by atoms with Crippen molar-refractivity contribution in [1.82, 2.24) is 0 Å². The smallest absolute Gasteiger partial charge is 0.170 e. The summed E-state index contributed by atoms with van der Waals surface area (Å²) in [7, 11) is 0. The van der Waals surface area contributed by atoms with E-state index in [-0.39, 0.29) is 17.1 Å². The average molecular weight is 281 g/mol. The second-order valence-electron chi connectivity index (χ2n) is 3.69. The van der Waals surface area contributed by atoms with Crippen LogP contribution < -0.4 is 10.5 Å². The van der Waals surface area contributed by atoms with Crippen molar-refractivity contribution in [2.75, 3.05) is 0 Å². The predicted octanol–water partition coefficient (Wildman–Crippen LogP) is 3.37. The maximum Gasteiger partial charge on any atom is 0.170 e. The van der Waals surface area contributed by atoms with Gasteiger partial charge in [0.2, 0.25) is 0 Å². The van der Waals surface area contributed by atoms with Gasteiger partial charge in [-0.2, -0.15) is 0 Å². The molecule has 19 heavy (non-hydrogen) atoms. The number of ether oxygens (including phenoxy) is 1. The van der Waals surface area contributed by atoms with Crippen LogP contribution in [0.5, 0.6) is 11.5 Å². The van der Waals surface area contributed by atoms with Gasteiger partial charge in [0.1, 0.15) is 5.75 Å². The van der Waals surface area contributed by atoms with Crippen LogP contribution >= 0.6 is 11.6 Å². The number of amidine groups is 1. The summed E-state index contributed by atoms with van der Waals surface area (Å²) in [5.74, 6) is -0.350. The summed E-state index contributed by atoms with van der Waals surface area (Å²) in [5, 5.41) is 11.8. The molecule has 0 aliphatic rings. The minimum atomic E-state index is -0.621. The third-order valence-corrected chi connectivity index (χ3v) is 2.59. The number of benzene rings is 2. The molecule has 4 nitrogen and oxygen atoms in total. The van der Waals surface area contributed by atoms with Crippen LogP contribution in [0.25, 0.3) is 0 Å². The van der Waals surface area contributed by atoms with E-state index in [9.17, 15) is 4.39 Å². The van der Waals surface area contributed by atoms with Gasteiger partial charge in [-0.1, -0.05) is 22.8 Å². The van der Waals surface area contributed by atoms with Gasteiger partial charge in [-0.15, -0.1) is 0 Å². The third kappa shape index (κ3) is 3.14. The van der Waals surface area contributed by atoms with E-state index < -0.39 is 5.82 Å². The minimum absolute atomic E-state index is 0.0248. The molecule has 0 atom stereocenters. The third-order valence-electron chi connectivity index (χ3n) is 2.36. The van der Waals surface area contributed by atoms with E-state index in [1.165, 1.54) is 12.1 Å². The maximum absolute atomic E-state index is 13.8. The highest BCUT2D eigenvalue weighted by Crippen LogP contribution is 2.26. The highest BCUT2D eigenvalue weighted by Gasteiger charge is 2.08. The first-order valence-corrected chi connectivity index (χ1v) is 5.69. The summed E-state index contributed by atoms with van der Waals surface area (Å²) in [5.41, 5.74) is 5.62. The molecular formula is C13H10ClFN2O2. The molecule has 6 heteroatoms. The van der Waals surface area contributed by atoms with Crippen molar-refractivity contribution < 1.29 is 14.3 Å². The van der Waals surface area contributed by atoms with Gasteiger partial charge >= 0.3 is 0 Å². The van der Waals surface area contributed by atoms with Gasteiger partial charge < -0.3 is 15.7 Å². The van der Waals surface area contributed by atoms with Crippen LogP contribution in [0.15, 0.2) is 47.6 Å². The highest BCUT2D eigenvalue weighted by molar-refractivity contribution is 6.30. The Balaban J connectivity index is 2.27. The van der Waals surface area contributed by atoms with Crippen molar-refractivity contribution in [1.29, 1.82) is 0 Å². The molecule has 3 N–H and O–H groups in total. The number of nitrogens with zero attached hydrogens (tertiary/aromatic N) is 1. The lowest BCUT2D eigenvalue weighted by Gasteiger charge is -2.08. The minimum Gasteiger partial charge on any atom is -0.454 e. The molecule has 2 aromatic carbocycles. The highest BCUT2D eigenvalue weighted by atomic mass is 35.5. The van der Waals surface area contributed by atoms with E-state index in [4.69, 9.17) is 27.3 Å². The first kappa shape index (κ1) is 13.2. The zero-order chi connectivity index (χ0) is 13.8. The molecule has 0 amide bonds. The van der Waals surface area contributed by atoms with Crippen LogP contribution in [0.4, 0.5) is 4.39 Å². The molecule has 0 heterocycles. The molecular weight excluding hydrogens is 271 g/mol. The molecule has 2 rings (SSSR count). The quantitative estimate of drug-likeness (QED) is 0.392. The lowest BCUT2D eigenvalue weighted by atomic mass is 10.2. The summed E-state index contributed by atoms with van der Waals surface area (Å²) in [6.07, 6.45) is 0. The fourth-order valence-electron chi connectivity index (χ4n) is 1.46. The van der Waals surface area contributed by atoms with Gasteiger partial charge in [0, 0.05) is 10.6 Å². The number of nitrogens with two attached hydrogens (primary N) is 1. The number of halogens is 2. The number of hydrogen-bond donors (Lipinski definition) is 2. The van der Waals surface area contributed by atoms with Gasteiger partial charge in [-0.05, 0) is 36.4 Å². The SMILES string of the molecule is N/C(=N\O)c1ccc(Oc2cccc(Cl)c2)c(F)c1. The normalized spacial score (nSPS) is 11.4. The largest absolute Gasteiger partial charge is 0.454 e. The Morgan fingerprint density at radius 2 is 2.05 bits per heavy atom. The molecule has 0 bridgehead atoms. The van der Waals surface area contributed by atoms with Gasteiger partial charge in [0.15, 0.2) is 17.4 Å². The van der Waals surface area contributed by atoms with Crippen LogP contribution in [-0.2, 0) is 0 Å². The van der Waals surface area contributed by atoms with Gasteiger partial charge in [-0.3, -0.25) is 0 Å². The summed E-state index contributed by atoms with van der Waals surface area (Å²) in [6.45, 7) is 0. The molecule has 0 saturated heterocycles. The lowest BCUT2D eigenvalue weighted by molar-refractivity contribution is 0.318. The molecule has 0 aromatic heterocycles. The Labute approximate surface area is 113 Å². The standard InChI is InChI=1S/C13H10ClFN2O2/c14-9-2-1-3-10(7-9)19-12-5-4-8(6-11(12)15)13(16)17-18/h1-7,18H,(H2,16,17). The molecule has 98 valence electrons. The predicted molar refractivity (Wildman–Crippen MR) is 70.4 cm³/mol. The first-order chi connectivity index (χ1) is 9.10. The van der Waals surface area contributed by atoms with E-state index in [0.717, 1.165) is 6.07 Å². The zero-order valence-corrected chi connectivity index (χ0v) is 10.4. The van der Waals surface area contributed by atoms with Crippen molar-refractivity contribution in [3.05, 3.63) is 58.9 Å². The molecule has 0 aliphatic heterocycles. The van der Waals surface area contributed by atoms with Crippen molar-refractivity contribution in [2.24, 2.45) is 10.9 Å². The van der Waals surface area contributed by atoms with Crippen molar-refractivity contribution in [3.8, 4) is 11.5 Å². The summed E-state index contributed by atoms with van der Waals surface area (Å²) in [4.78, 5) is 0. The Kier molecular flexibility index (Phi) is 3.87. The van der Waals surface area contributed by atoms with E-state index in [1.54, 1.807) is 24.3 Å². The summed E-state index contributed by atoms with van der Waals surface area (Å²) < 4.78 is 19.1. The van der Waals surface area contributed by atoms with Gasteiger partial charge in [-0.25, -0.2) is 4.39 Å². The zero-order valence-electron chi connectivity index (χ0n) is 9.68. The fourth-order valence-corrected chi connectivity index (χ4v) is 1.64. The van der Waals surface area contributed by atoms with E-state index in [2.05, 4.69) is 5.16 Å². The van der Waals surface area contributed by atoms with E-state index in [1.807, 2.05) is 0 Å². The Morgan fingerprint density at radius 1 is 1.26 bits per heavy atom. The number of oxime groups is 1. The Bertz CT molecular complexity index is 632. The second-order valence-corrected chi connectivity index (χ2v) is 4.13. The fraction of sp³-hybridized carbons (Fsp3) is 0. The molecule has 0 radical (unpaired) electrons. The topological polar surface area (TPSA) is 67.8 Å². The maximum atomic E-state index is 13.8. The molecule has 2 aromatic rings. The molecule has 0 aliphatic carbocycles. The molecule has 0 spiro atoms. The summed E-state index contributed by atoms with van der Waals surface area (Å²) in [6, 6.07) is 10.6. The average Bonchev–Trinajstić information content (AvgIpc) is 2.40. The molecule has 0 saturated carbocycles. The van der Waals surface area contributed by atoms with Crippen molar-refractivity contribution in [3.63, 3.8) is 0 Å².